The number of hydrogen-bond acceptors (Lipinski definition) is 1. The van der Waals surface area contributed by atoms with Gasteiger partial charge in [0.05, 0.1) is 5.66 Å². The molecule has 0 heterocycles. The Morgan fingerprint density at radius 2 is 1.50 bits per heavy atom. The minimum atomic E-state index is -3.85. The second kappa shape index (κ2) is 7.44. The van der Waals surface area contributed by atoms with Gasteiger partial charge in [0.2, 0.25) is 0 Å². The van der Waals surface area contributed by atoms with Crippen molar-refractivity contribution in [1.29, 1.82) is 0 Å². The van der Waals surface area contributed by atoms with E-state index in [2.05, 4.69) is 6.92 Å². The first-order valence-electron chi connectivity index (χ1n) is 5.57. The maximum absolute atomic E-state index is 11.1. The van der Waals surface area contributed by atoms with Crippen LogP contribution in [-0.4, -0.2) is 15.4 Å². The SMILES string of the molecule is CCCCCC(CCCC)P(=O)(O)O. The average molecular weight is 222 g/mol. The average Bonchev–Trinajstić information content (AvgIpc) is 2.09. The van der Waals surface area contributed by atoms with Crippen molar-refractivity contribution in [3.8, 4) is 0 Å². The van der Waals surface area contributed by atoms with Crippen molar-refractivity contribution < 1.29 is 14.4 Å². The first-order valence-corrected chi connectivity index (χ1v) is 7.25. The Morgan fingerprint density at radius 1 is 1.00 bits per heavy atom. The van der Waals surface area contributed by atoms with Crippen molar-refractivity contribution in [2.75, 3.05) is 0 Å². The molecule has 0 rings (SSSR count). The number of unbranched alkanes of at least 4 members (excludes halogenated alkanes) is 3. The topological polar surface area (TPSA) is 57.5 Å². The van der Waals surface area contributed by atoms with E-state index in [-0.39, 0.29) is 0 Å². The minimum absolute atomic E-state index is 0.394. The van der Waals surface area contributed by atoms with Gasteiger partial charge in [-0.25, -0.2) is 0 Å². The molecule has 0 bridgehead atoms. The Labute approximate surface area is 87.1 Å². The van der Waals surface area contributed by atoms with Gasteiger partial charge in [-0.3, -0.25) is 4.57 Å². The van der Waals surface area contributed by atoms with Crippen LogP contribution in [0.5, 0.6) is 0 Å². The molecule has 0 aliphatic heterocycles. The summed E-state index contributed by atoms with van der Waals surface area (Å²) in [6, 6.07) is 0. The molecule has 0 amide bonds. The third kappa shape index (κ3) is 6.58. The summed E-state index contributed by atoms with van der Waals surface area (Å²) >= 11 is 0. The zero-order valence-corrected chi connectivity index (χ0v) is 10.2. The molecule has 4 heteroatoms. The standard InChI is InChI=1S/C10H23O3P/c1-3-5-7-9-10(8-6-4-2)14(11,12)13/h10H,3-9H2,1-2H3,(H2,11,12,13). The van der Waals surface area contributed by atoms with Crippen molar-refractivity contribution in [3.05, 3.63) is 0 Å². The van der Waals surface area contributed by atoms with Gasteiger partial charge in [0, 0.05) is 0 Å². The highest BCUT2D eigenvalue weighted by atomic mass is 31.2. The number of rotatable bonds is 8. The molecule has 2 N–H and O–H groups in total. The highest BCUT2D eigenvalue weighted by molar-refractivity contribution is 7.52. The van der Waals surface area contributed by atoms with Gasteiger partial charge in [-0.15, -0.1) is 0 Å². The third-order valence-corrected chi connectivity index (χ3v) is 3.98. The lowest BCUT2D eigenvalue weighted by atomic mass is 10.1. The van der Waals surface area contributed by atoms with E-state index in [1.807, 2.05) is 6.92 Å². The lowest BCUT2D eigenvalue weighted by molar-refractivity contribution is 0.346. The summed E-state index contributed by atoms with van der Waals surface area (Å²) in [5, 5.41) is 0. The molecule has 0 saturated heterocycles. The van der Waals surface area contributed by atoms with Gasteiger partial charge in [0.25, 0.3) is 0 Å². The van der Waals surface area contributed by atoms with Crippen LogP contribution in [0.25, 0.3) is 0 Å². The molecule has 0 aliphatic carbocycles. The highest BCUT2D eigenvalue weighted by Gasteiger charge is 2.26. The van der Waals surface area contributed by atoms with Gasteiger partial charge in [-0.05, 0) is 12.8 Å². The molecule has 0 radical (unpaired) electrons. The predicted molar refractivity (Wildman–Crippen MR) is 59.5 cm³/mol. The fraction of sp³-hybridized carbons (Fsp3) is 1.00. The second-order valence-electron chi connectivity index (χ2n) is 3.88. The molecule has 0 aliphatic rings. The Bertz CT molecular complexity index is 176. The molecule has 0 aromatic carbocycles. The minimum Gasteiger partial charge on any atom is -0.324 e. The summed E-state index contributed by atoms with van der Waals surface area (Å²) < 4.78 is 11.1. The number of hydrogen-bond donors (Lipinski definition) is 2. The molecule has 86 valence electrons. The maximum atomic E-state index is 11.1. The molecule has 0 fully saturated rings. The Morgan fingerprint density at radius 3 is 1.93 bits per heavy atom. The van der Waals surface area contributed by atoms with Crippen LogP contribution >= 0.6 is 7.60 Å². The smallest absolute Gasteiger partial charge is 0.324 e. The summed E-state index contributed by atoms with van der Waals surface area (Å²) in [6.45, 7) is 4.14. The third-order valence-electron chi connectivity index (χ3n) is 2.51. The maximum Gasteiger partial charge on any atom is 0.328 e. The van der Waals surface area contributed by atoms with Gasteiger partial charge in [-0.1, -0.05) is 46.0 Å². The molecule has 0 spiro atoms. The predicted octanol–water partition coefficient (Wildman–Crippen LogP) is 3.30. The zero-order chi connectivity index (χ0) is 11.0. The monoisotopic (exact) mass is 222 g/mol. The van der Waals surface area contributed by atoms with Crippen LogP contribution in [0.1, 0.15) is 58.8 Å². The van der Waals surface area contributed by atoms with Crippen LogP contribution in [0.2, 0.25) is 0 Å². The quantitative estimate of drug-likeness (QED) is 0.489. The Balaban J connectivity index is 3.92. The fourth-order valence-corrected chi connectivity index (χ4v) is 2.59. The summed E-state index contributed by atoms with van der Waals surface area (Å²) in [7, 11) is -3.85. The van der Waals surface area contributed by atoms with Gasteiger partial charge in [-0.2, -0.15) is 0 Å². The summed E-state index contributed by atoms with van der Waals surface area (Å²) in [6.07, 6.45) is 6.38. The van der Waals surface area contributed by atoms with E-state index >= 15 is 0 Å². The van der Waals surface area contributed by atoms with Crippen LogP contribution in [0, 0.1) is 0 Å². The van der Waals surface area contributed by atoms with E-state index in [1.165, 1.54) is 0 Å². The Hall–Kier alpha value is 0.150. The molecule has 0 aromatic rings. The van der Waals surface area contributed by atoms with Gasteiger partial charge < -0.3 is 9.79 Å². The summed E-state index contributed by atoms with van der Waals surface area (Å²) in [4.78, 5) is 18.2. The van der Waals surface area contributed by atoms with Crippen molar-refractivity contribution >= 4 is 7.60 Å². The van der Waals surface area contributed by atoms with Gasteiger partial charge >= 0.3 is 7.60 Å². The molecule has 1 atom stereocenters. The van der Waals surface area contributed by atoms with Crippen LogP contribution < -0.4 is 0 Å². The van der Waals surface area contributed by atoms with Crippen molar-refractivity contribution in [3.63, 3.8) is 0 Å². The first kappa shape index (κ1) is 14.2. The fourth-order valence-electron chi connectivity index (χ4n) is 1.55. The van der Waals surface area contributed by atoms with E-state index in [4.69, 9.17) is 9.79 Å². The van der Waals surface area contributed by atoms with E-state index in [0.29, 0.717) is 12.8 Å². The van der Waals surface area contributed by atoms with E-state index in [9.17, 15) is 4.57 Å². The van der Waals surface area contributed by atoms with E-state index in [1.54, 1.807) is 0 Å². The van der Waals surface area contributed by atoms with Crippen LogP contribution in [0.3, 0.4) is 0 Å². The Kier molecular flexibility index (Phi) is 7.52. The lowest BCUT2D eigenvalue weighted by Gasteiger charge is -2.17. The molecular formula is C10H23O3P. The molecule has 0 aromatic heterocycles. The van der Waals surface area contributed by atoms with Crippen LogP contribution in [0.4, 0.5) is 0 Å². The van der Waals surface area contributed by atoms with Crippen molar-refractivity contribution in [2.24, 2.45) is 0 Å². The summed E-state index contributed by atoms with van der Waals surface area (Å²) in [5.74, 6) is 0. The van der Waals surface area contributed by atoms with Crippen LogP contribution in [-0.2, 0) is 4.57 Å². The first-order chi connectivity index (χ1) is 6.52. The molecule has 3 nitrogen and oxygen atoms in total. The molecule has 14 heavy (non-hydrogen) atoms. The lowest BCUT2D eigenvalue weighted by Crippen LogP contribution is -2.08. The summed E-state index contributed by atoms with van der Waals surface area (Å²) in [5.41, 5.74) is -0.394. The van der Waals surface area contributed by atoms with Crippen LogP contribution in [0.15, 0.2) is 0 Å². The van der Waals surface area contributed by atoms with Crippen molar-refractivity contribution in [2.45, 2.75) is 64.5 Å². The van der Waals surface area contributed by atoms with Crippen molar-refractivity contribution in [1.82, 2.24) is 0 Å². The van der Waals surface area contributed by atoms with Gasteiger partial charge in [0.1, 0.15) is 0 Å². The molecule has 1 unspecified atom stereocenters. The normalized spacial score (nSPS) is 14.3. The van der Waals surface area contributed by atoms with Gasteiger partial charge in [0.15, 0.2) is 0 Å². The second-order valence-corrected chi connectivity index (χ2v) is 5.79. The highest BCUT2D eigenvalue weighted by Crippen LogP contribution is 2.46. The van der Waals surface area contributed by atoms with E-state index in [0.717, 1.165) is 32.1 Å². The zero-order valence-electron chi connectivity index (χ0n) is 9.28. The van der Waals surface area contributed by atoms with E-state index < -0.39 is 13.3 Å². The molecule has 0 saturated carbocycles. The largest absolute Gasteiger partial charge is 0.328 e. The molecular weight excluding hydrogens is 199 g/mol.